The number of hydrogen-bond donors (Lipinski definition) is 0. The molecular weight excluding hydrogens is 389 g/mol. The van der Waals surface area contributed by atoms with E-state index < -0.39 is 5.97 Å². The molecule has 0 radical (unpaired) electrons. The third-order valence-corrected chi connectivity index (χ3v) is 6.51. The monoisotopic (exact) mass is 445 g/mol. The van der Waals surface area contributed by atoms with Gasteiger partial charge in [-0.1, -0.05) is 142 Å². The summed E-state index contributed by atoms with van der Waals surface area (Å²) in [6.45, 7) is 6.49. The topological polar surface area (TPSA) is 43.4 Å². The van der Waals surface area contributed by atoms with Crippen molar-refractivity contribution < 1.29 is 28.8 Å². The van der Waals surface area contributed by atoms with Crippen LogP contribution in [0.25, 0.3) is 0 Å². The second-order valence-corrected chi connectivity index (χ2v) is 9.72. The van der Waals surface area contributed by atoms with Crippen molar-refractivity contribution in [1.82, 2.24) is 4.90 Å². The molecule has 0 aliphatic rings. The van der Waals surface area contributed by atoms with Crippen LogP contribution in [0.5, 0.6) is 0 Å². The first-order valence-corrected chi connectivity index (χ1v) is 14.1. The van der Waals surface area contributed by atoms with Gasteiger partial charge in [-0.05, 0) is 25.9 Å². The number of hydrogen-bond acceptors (Lipinski definition) is 3. The molecule has 0 saturated heterocycles. The van der Waals surface area contributed by atoms with Crippen molar-refractivity contribution in [3.63, 3.8) is 0 Å². The van der Waals surface area contributed by atoms with Crippen molar-refractivity contribution in [2.24, 2.45) is 0 Å². The molecule has 0 atom stereocenters. The number of carbonyl (C=O) groups excluding carboxylic acids is 1. The maximum Gasteiger partial charge on any atom is 1.00 e. The maximum atomic E-state index is 11.1. The molecule has 32 heavy (non-hydrogen) atoms. The van der Waals surface area contributed by atoms with E-state index in [0.29, 0.717) is 0 Å². The van der Waals surface area contributed by atoms with E-state index in [2.05, 4.69) is 18.7 Å². The normalized spacial score (nSPS) is 11.1. The van der Waals surface area contributed by atoms with Crippen LogP contribution in [0.2, 0.25) is 0 Å². The third-order valence-electron chi connectivity index (χ3n) is 6.51. The van der Waals surface area contributed by atoms with Crippen LogP contribution in [0.1, 0.15) is 155 Å². The van der Waals surface area contributed by atoms with Gasteiger partial charge >= 0.3 is 18.9 Å². The summed E-state index contributed by atoms with van der Waals surface area (Å²) in [5.74, 6) is -0.925. The van der Waals surface area contributed by atoms with Crippen LogP contribution >= 0.6 is 0 Å². The van der Waals surface area contributed by atoms with Gasteiger partial charge in [-0.3, -0.25) is 4.90 Å². The van der Waals surface area contributed by atoms with Gasteiger partial charge < -0.3 is 9.90 Å². The molecule has 0 saturated carbocycles. The third kappa shape index (κ3) is 28.1. The summed E-state index contributed by atoms with van der Waals surface area (Å²) in [6.07, 6.45) is 29.4. The minimum Gasteiger partial charge on any atom is -0.549 e. The molecule has 186 valence electrons. The molecule has 0 aromatic carbocycles. The zero-order valence-electron chi connectivity index (χ0n) is 22.4. The Hall–Kier alpha value is 0.0274. The van der Waals surface area contributed by atoms with Crippen LogP contribution < -0.4 is 24.0 Å². The minimum absolute atomic E-state index is 0. The van der Waals surface area contributed by atoms with Crippen LogP contribution in [0.3, 0.4) is 0 Å². The Bertz CT molecular complexity index is 339. The van der Waals surface area contributed by atoms with Crippen LogP contribution in [0, 0.1) is 0 Å². The van der Waals surface area contributed by atoms with E-state index in [1.807, 2.05) is 0 Å². The van der Waals surface area contributed by atoms with Gasteiger partial charge in [0.25, 0.3) is 0 Å². The summed E-state index contributed by atoms with van der Waals surface area (Å²) in [5, 5.41) is 11.1. The first kappa shape index (κ1) is 34.2. The van der Waals surface area contributed by atoms with Gasteiger partial charge in [-0.2, -0.15) is 0 Å². The van der Waals surface area contributed by atoms with Crippen molar-refractivity contribution in [3.05, 3.63) is 0 Å². The van der Waals surface area contributed by atoms with Crippen molar-refractivity contribution in [1.29, 1.82) is 0 Å². The predicted molar refractivity (Wildman–Crippen MR) is 134 cm³/mol. The molecule has 0 aromatic heterocycles. The zero-order chi connectivity index (χ0) is 22.8. The number of rotatable bonds is 26. The molecule has 0 aliphatic heterocycles. The molecule has 0 N–H and O–H groups in total. The van der Waals surface area contributed by atoms with Crippen molar-refractivity contribution in [2.75, 3.05) is 19.6 Å². The Morgan fingerprint density at radius 1 is 0.500 bits per heavy atom. The van der Waals surface area contributed by atoms with E-state index in [4.69, 9.17) is 0 Å². The van der Waals surface area contributed by atoms with Gasteiger partial charge in [-0.15, -0.1) is 0 Å². The summed E-state index contributed by atoms with van der Waals surface area (Å²) < 4.78 is 0. The summed E-state index contributed by atoms with van der Waals surface area (Å²) in [6, 6.07) is 0. The number of carboxylic acid groups (broad SMARTS) is 1. The van der Waals surface area contributed by atoms with Crippen molar-refractivity contribution in [2.45, 2.75) is 155 Å². The van der Waals surface area contributed by atoms with E-state index in [1.165, 1.54) is 128 Å². The quantitative estimate of drug-likeness (QED) is 0.144. The summed E-state index contributed by atoms with van der Waals surface area (Å²) >= 11 is 0. The number of nitrogens with zero attached hydrogens (tertiary/aromatic N) is 1. The maximum absolute atomic E-state index is 11.1. The summed E-state index contributed by atoms with van der Waals surface area (Å²) in [5.41, 5.74) is 0. The molecule has 0 rings (SSSR count). The standard InChI is InChI=1S/C28H57NO2.Li/c1-3-5-7-9-11-13-15-17-19-21-23-25-29(27-28(30)31)26-24-22-20-18-16-14-12-10-8-6-4-2;/h3-27H2,1-2H3,(H,30,31);/q;+1/p-1. The Kier molecular flexibility index (Phi) is 31.1. The second kappa shape index (κ2) is 29.1. The SMILES string of the molecule is CCCCCCCCCCCCCN(CCCCCCCCCCCCC)CC(=O)[O-].[Li+]. The first-order chi connectivity index (χ1) is 15.2. The smallest absolute Gasteiger partial charge is 0.549 e. The van der Waals surface area contributed by atoms with Crippen LogP contribution in [-0.2, 0) is 4.79 Å². The van der Waals surface area contributed by atoms with E-state index in [-0.39, 0.29) is 25.4 Å². The molecule has 0 heterocycles. The Morgan fingerprint density at radius 3 is 1.00 bits per heavy atom. The van der Waals surface area contributed by atoms with E-state index >= 15 is 0 Å². The van der Waals surface area contributed by atoms with Gasteiger partial charge in [0.1, 0.15) is 0 Å². The fourth-order valence-electron chi connectivity index (χ4n) is 4.45. The number of unbranched alkanes of at least 4 members (excludes halogenated alkanes) is 20. The Balaban J connectivity index is 0. The molecule has 4 heteroatoms. The molecule has 0 unspecified atom stereocenters. The summed E-state index contributed by atoms with van der Waals surface area (Å²) in [7, 11) is 0. The number of carbonyl (C=O) groups is 1. The molecule has 0 bridgehead atoms. The average Bonchev–Trinajstić information content (AvgIpc) is 2.75. The first-order valence-electron chi connectivity index (χ1n) is 14.1. The van der Waals surface area contributed by atoms with E-state index in [1.54, 1.807) is 0 Å². The van der Waals surface area contributed by atoms with E-state index in [0.717, 1.165) is 25.9 Å². The molecule has 0 spiro atoms. The van der Waals surface area contributed by atoms with Gasteiger partial charge in [0.2, 0.25) is 0 Å². The molecule has 0 aromatic rings. The molecule has 3 nitrogen and oxygen atoms in total. The zero-order valence-corrected chi connectivity index (χ0v) is 22.4. The largest absolute Gasteiger partial charge is 1.00 e. The minimum atomic E-state index is -0.925. The molecule has 0 aliphatic carbocycles. The van der Waals surface area contributed by atoms with Crippen LogP contribution in [0.15, 0.2) is 0 Å². The molecular formula is C28H56LiNO2. The van der Waals surface area contributed by atoms with Crippen LogP contribution in [-0.4, -0.2) is 30.5 Å². The van der Waals surface area contributed by atoms with Crippen molar-refractivity contribution in [3.8, 4) is 0 Å². The Morgan fingerprint density at radius 2 is 0.750 bits per heavy atom. The van der Waals surface area contributed by atoms with Gasteiger partial charge in [-0.25, -0.2) is 0 Å². The van der Waals surface area contributed by atoms with Gasteiger partial charge in [0, 0.05) is 6.54 Å². The van der Waals surface area contributed by atoms with Gasteiger partial charge in [0.05, 0.1) is 5.97 Å². The molecule has 0 fully saturated rings. The van der Waals surface area contributed by atoms with Gasteiger partial charge in [0.15, 0.2) is 0 Å². The Labute approximate surface area is 214 Å². The fourth-order valence-corrected chi connectivity index (χ4v) is 4.45. The van der Waals surface area contributed by atoms with Crippen LogP contribution in [0.4, 0.5) is 0 Å². The second-order valence-electron chi connectivity index (χ2n) is 9.72. The molecule has 0 amide bonds. The fraction of sp³-hybridized carbons (Fsp3) is 0.964. The summed E-state index contributed by atoms with van der Waals surface area (Å²) in [4.78, 5) is 13.2. The predicted octanol–water partition coefficient (Wildman–Crippen LogP) is 4.66. The number of aliphatic carboxylic acids is 1. The average molecular weight is 446 g/mol. The number of carboxylic acids is 1. The van der Waals surface area contributed by atoms with Crippen molar-refractivity contribution >= 4 is 5.97 Å². The van der Waals surface area contributed by atoms with E-state index in [9.17, 15) is 9.90 Å².